The van der Waals surface area contributed by atoms with E-state index in [1.54, 1.807) is 0 Å². The molecule has 2 unspecified atom stereocenters. The van der Waals surface area contributed by atoms with Gasteiger partial charge in [-0.2, -0.15) is 0 Å². The van der Waals surface area contributed by atoms with E-state index in [2.05, 4.69) is 245 Å². The number of para-hydroxylation sites is 4. The summed E-state index contributed by atoms with van der Waals surface area (Å²) in [5, 5.41) is 4.62. The lowest BCUT2D eigenvalue weighted by atomic mass is 9.39. The lowest BCUT2D eigenvalue weighted by Gasteiger charge is -2.62. The highest BCUT2D eigenvalue weighted by atomic mass is 15.1. The van der Waals surface area contributed by atoms with E-state index >= 15 is 0 Å². The van der Waals surface area contributed by atoms with E-state index in [-0.39, 0.29) is 0 Å². The van der Waals surface area contributed by atoms with Gasteiger partial charge in [0.25, 0.3) is 0 Å². The van der Waals surface area contributed by atoms with Gasteiger partial charge in [-0.05, 0) is 92.4 Å². The lowest BCUT2D eigenvalue weighted by molar-refractivity contribution is 0.0592. The number of aromatic nitrogens is 6. The summed E-state index contributed by atoms with van der Waals surface area (Å²) in [4.78, 5) is 21.9. The van der Waals surface area contributed by atoms with Crippen molar-refractivity contribution < 1.29 is 0 Å². The van der Waals surface area contributed by atoms with Crippen LogP contribution in [0.2, 0.25) is 0 Å². The van der Waals surface area contributed by atoms with E-state index in [0.29, 0.717) is 0 Å². The number of hydrogen-bond acceptors (Lipinski definition) is 4. The van der Waals surface area contributed by atoms with Crippen LogP contribution in [0.4, 0.5) is 0 Å². The molecule has 0 amide bonds. The Balaban J connectivity index is 1.20. The van der Waals surface area contributed by atoms with E-state index in [0.717, 1.165) is 89.2 Å². The van der Waals surface area contributed by atoms with Gasteiger partial charge in [0.1, 0.15) is 11.6 Å². The second-order valence-corrected chi connectivity index (χ2v) is 21.8. The zero-order valence-electron chi connectivity index (χ0n) is 41.3. The number of rotatable bonds is 5. The van der Waals surface area contributed by atoms with Crippen molar-refractivity contribution in [1.29, 1.82) is 0 Å². The Morgan fingerprint density at radius 3 is 1.12 bits per heavy atom. The molecule has 8 aromatic carbocycles. The largest absolute Gasteiger partial charge is 0.292 e. The molecule has 2 aliphatic carbocycles. The van der Waals surface area contributed by atoms with Crippen LogP contribution in [-0.2, 0) is 10.8 Å². The maximum atomic E-state index is 5.50. The van der Waals surface area contributed by atoms with E-state index in [9.17, 15) is 0 Å². The van der Waals surface area contributed by atoms with E-state index in [1.807, 2.05) is 12.4 Å². The summed E-state index contributed by atoms with van der Waals surface area (Å²) in [6.07, 6.45) is 3.98. The SMILES string of the molecule is CC(C)(C)C1(C2(C(C)(C)C)c3cccnc3-c3c2cc(-n2c(-c4ccccc4)nc4ccccc42)c2ccccc32)c2cccnc2-c2c1cc(-n1c(-c3ccccc3)nc3ccccc31)c1ccccc21. The Kier molecular flexibility index (Phi) is 8.84. The summed E-state index contributed by atoms with van der Waals surface area (Å²) >= 11 is 0. The molecular formula is C66H52N6. The molecule has 0 radical (unpaired) electrons. The first-order valence-corrected chi connectivity index (χ1v) is 25.1. The van der Waals surface area contributed by atoms with Crippen molar-refractivity contribution >= 4 is 43.6 Å². The fourth-order valence-electron chi connectivity index (χ4n) is 13.9. The van der Waals surface area contributed by atoms with Crippen molar-refractivity contribution in [3.63, 3.8) is 0 Å². The molecule has 12 aromatic rings. The first-order valence-electron chi connectivity index (χ1n) is 25.1. The molecule has 0 N–H and O–H groups in total. The normalized spacial score (nSPS) is 17.1. The van der Waals surface area contributed by atoms with Crippen molar-refractivity contribution in [3.8, 4) is 56.7 Å². The van der Waals surface area contributed by atoms with Gasteiger partial charge >= 0.3 is 0 Å². The summed E-state index contributed by atoms with van der Waals surface area (Å²) < 4.78 is 4.83. The molecule has 0 saturated carbocycles. The van der Waals surface area contributed by atoms with Gasteiger partial charge in [-0.25, -0.2) is 9.97 Å². The average Bonchev–Trinajstić information content (AvgIpc) is 4.15. The topological polar surface area (TPSA) is 61.4 Å². The minimum Gasteiger partial charge on any atom is -0.292 e. The van der Waals surface area contributed by atoms with Crippen LogP contribution in [0.1, 0.15) is 63.8 Å². The second-order valence-electron chi connectivity index (χ2n) is 21.8. The predicted molar refractivity (Wildman–Crippen MR) is 295 cm³/mol. The Bertz CT molecular complexity index is 3920. The van der Waals surface area contributed by atoms with Crippen LogP contribution in [0.15, 0.2) is 207 Å². The van der Waals surface area contributed by atoms with Crippen LogP contribution < -0.4 is 0 Å². The minimum atomic E-state index is -0.777. The number of imidazole rings is 2. The average molecular weight is 929 g/mol. The fourth-order valence-corrected chi connectivity index (χ4v) is 13.9. The summed E-state index contributed by atoms with van der Waals surface area (Å²) in [7, 11) is 0. The third-order valence-corrected chi connectivity index (χ3v) is 16.2. The van der Waals surface area contributed by atoms with E-state index in [1.165, 1.54) is 33.4 Å². The van der Waals surface area contributed by atoms with E-state index in [4.69, 9.17) is 19.9 Å². The van der Waals surface area contributed by atoms with Crippen LogP contribution >= 0.6 is 0 Å². The highest BCUT2D eigenvalue weighted by Gasteiger charge is 2.71. The van der Waals surface area contributed by atoms with Crippen molar-refractivity contribution in [2.75, 3.05) is 0 Å². The van der Waals surface area contributed by atoms with Gasteiger partial charge < -0.3 is 0 Å². The third-order valence-electron chi connectivity index (χ3n) is 16.2. The lowest BCUT2D eigenvalue weighted by Crippen LogP contribution is -2.62. The zero-order valence-corrected chi connectivity index (χ0v) is 41.3. The molecule has 14 rings (SSSR count). The first kappa shape index (κ1) is 42.4. The molecule has 0 fully saturated rings. The van der Waals surface area contributed by atoms with Crippen molar-refractivity contribution in [2.45, 2.75) is 52.4 Å². The van der Waals surface area contributed by atoms with Gasteiger partial charge in [0.2, 0.25) is 0 Å². The van der Waals surface area contributed by atoms with Gasteiger partial charge in [-0.1, -0.05) is 187 Å². The molecule has 6 nitrogen and oxygen atoms in total. The molecular weight excluding hydrogens is 877 g/mol. The minimum absolute atomic E-state index is 0.459. The van der Waals surface area contributed by atoms with Crippen molar-refractivity contribution in [1.82, 2.24) is 29.1 Å². The summed E-state index contributed by atoms with van der Waals surface area (Å²) in [5.74, 6) is 1.81. The summed E-state index contributed by atoms with van der Waals surface area (Å²) in [5.41, 5.74) is 15.2. The zero-order chi connectivity index (χ0) is 48.7. The molecule has 2 aliphatic rings. The molecule has 346 valence electrons. The van der Waals surface area contributed by atoms with Crippen LogP contribution in [0, 0.1) is 10.8 Å². The van der Waals surface area contributed by atoms with Crippen LogP contribution in [0.25, 0.3) is 100 Å². The maximum absolute atomic E-state index is 5.50. The van der Waals surface area contributed by atoms with Crippen LogP contribution in [0.5, 0.6) is 0 Å². The van der Waals surface area contributed by atoms with Gasteiger partial charge in [0.15, 0.2) is 0 Å². The summed E-state index contributed by atoms with van der Waals surface area (Å²) in [6.45, 7) is 14.8. The van der Waals surface area contributed by atoms with Gasteiger partial charge in [0.05, 0.1) is 44.8 Å². The number of nitrogens with zero attached hydrogens (tertiary/aromatic N) is 6. The molecule has 0 bridgehead atoms. The van der Waals surface area contributed by atoms with Gasteiger partial charge in [-0.15, -0.1) is 0 Å². The number of hydrogen-bond donors (Lipinski definition) is 0. The fraction of sp³-hybridized carbons (Fsp3) is 0.152. The molecule has 0 saturated heterocycles. The van der Waals surface area contributed by atoms with Crippen molar-refractivity contribution in [3.05, 3.63) is 229 Å². The quantitative estimate of drug-likeness (QED) is 0.173. The Labute approximate surface area is 419 Å². The van der Waals surface area contributed by atoms with Crippen molar-refractivity contribution in [2.24, 2.45) is 10.8 Å². The molecule has 4 aromatic heterocycles. The maximum Gasteiger partial charge on any atom is 0.145 e. The van der Waals surface area contributed by atoms with Gasteiger partial charge in [-0.3, -0.25) is 19.1 Å². The standard InChI is InChI=1S/C66H52N6/c1-63(2,3)65(47-31-21-37-67-59(47)57-45-29-15-13-27-43(45)55(39-49(57)65)71-53-35-19-17-33-51(53)69-61(71)41-23-9-7-10-24-41)66(64(4,5)6)48-32-22-38-68-60(48)58-46-30-16-14-28-44(46)56(40-50(58)66)72-54-36-20-18-34-52(54)70-62(72)42-25-11-8-12-26-42/h7-40H,1-6H3. The predicted octanol–water partition coefficient (Wildman–Crippen LogP) is 16.1. The Morgan fingerprint density at radius 2 is 0.722 bits per heavy atom. The molecule has 72 heavy (non-hydrogen) atoms. The second kappa shape index (κ2) is 15.0. The molecule has 0 aliphatic heterocycles. The van der Waals surface area contributed by atoms with Gasteiger partial charge in [0, 0.05) is 56.2 Å². The molecule has 6 heteroatoms. The van der Waals surface area contributed by atoms with E-state index < -0.39 is 21.7 Å². The number of pyridine rings is 2. The molecule has 4 heterocycles. The Morgan fingerprint density at radius 1 is 0.361 bits per heavy atom. The number of benzene rings is 8. The summed E-state index contributed by atoms with van der Waals surface area (Å²) in [6, 6.07) is 70.6. The number of fused-ring (bicyclic) bond motifs is 12. The first-order chi connectivity index (χ1) is 35.0. The highest BCUT2D eigenvalue weighted by Crippen LogP contribution is 2.75. The highest BCUT2D eigenvalue weighted by molar-refractivity contribution is 6.10. The van der Waals surface area contributed by atoms with Crippen LogP contribution in [-0.4, -0.2) is 29.1 Å². The Hall–Kier alpha value is -8.48. The third kappa shape index (κ3) is 5.39. The van der Waals surface area contributed by atoms with Crippen LogP contribution in [0.3, 0.4) is 0 Å². The monoisotopic (exact) mass is 928 g/mol. The molecule has 0 spiro atoms. The smallest absolute Gasteiger partial charge is 0.145 e. The molecule has 2 atom stereocenters.